The minimum Gasteiger partial charge on any atom is -0.351 e. The minimum absolute atomic E-state index is 0.0190. The van der Waals surface area contributed by atoms with Crippen LogP contribution in [0.15, 0.2) is 17.7 Å². The molecule has 1 heterocycles. The molecule has 4 heteroatoms. The number of nitrogens with one attached hydrogen (secondary N) is 1. The molecule has 14 heavy (non-hydrogen) atoms. The molecular formula is C10H14N2OS. The smallest absolute Gasteiger partial charge is 0.263 e. The Balaban J connectivity index is 2.40. The standard InChI is InChI=1S/C10H14N2OS/c1-3-4-5-6-11-10(13)9-8(2)12-7-14-9/h3-4,7H,5-6H2,1-2H3,(H,11,13)/b4-3+. The molecule has 0 fully saturated rings. The quantitative estimate of drug-likeness (QED) is 0.611. The van der Waals surface area contributed by atoms with Gasteiger partial charge in [0.1, 0.15) is 4.88 Å². The third-order valence-corrected chi connectivity index (χ3v) is 2.71. The van der Waals surface area contributed by atoms with Crippen molar-refractivity contribution in [2.45, 2.75) is 20.3 Å². The average molecular weight is 210 g/mol. The van der Waals surface area contributed by atoms with Crippen molar-refractivity contribution in [1.82, 2.24) is 10.3 Å². The summed E-state index contributed by atoms with van der Waals surface area (Å²) in [6, 6.07) is 0. The van der Waals surface area contributed by atoms with E-state index >= 15 is 0 Å². The van der Waals surface area contributed by atoms with Gasteiger partial charge in [0.15, 0.2) is 0 Å². The number of carbonyl (C=O) groups is 1. The maximum atomic E-state index is 11.5. The average Bonchev–Trinajstić information content (AvgIpc) is 2.59. The van der Waals surface area contributed by atoms with Gasteiger partial charge in [-0.25, -0.2) is 4.98 Å². The molecule has 3 nitrogen and oxygen atoms in total. The topological polar surface area (TPSA) is 42.0 Å². The van der Waals surface area contributed by atoms with Crippen molar-refractivity contribution in [3.63, 3.8) is 0 Å². The van der Waals surface area contributed by atoms with Crippen LogP contribution >= 0.6 is 11.3 Å². The number of carbonyl (C=O) groups excluding carboxylic acids is 1. The van der Waals surface area contributed by atoms with E-state index in [-0.39, 0.29) is 5.91 Å². The lowest BCUT2D eigenvalue weighted by atomic mass is 10.3. The lowest BCUT2D eigenvalue weighted by Gasteiger charge is -2.00. The number of aromatic nitrogens is 1. The van der Waals surface area contributed by atoms with Crippen molar-refractivity contribution in [3.05, 3.63) is 28.2 Å². The summed E-state index contributed by atoms with van der Waals surface area (Å²) in [7, 11) is 0. The fraction of sp³-hybridized carbons (Fsp3) is 0.400. The van der Waals surface area contributed by atoms with Crippen LogP contribution in [0.4, 0.5) is 0 Å². The molecule has 0 aliphatic heterocycles. The molecule has 1 amide bonds. The molecule has 0 saturated heterocycles. The van der Waals surface area contributed by atoms with Crippen LogP contribution in [0.2, 0.25) is 0 Å². The summed E-state index contributed by atoms with van der Waals surface area (Å²) in [5, 5.41) is 2.84. The first kappa shape index (κ1) is 10.9. The second kappa shape index (κ2) is 5.54. The van der Waals surface area contributed by atoms with Crippen LogP contribution in [-0.2, 0) is 0 Å². The Morgan fingerprint density at radius 3 is 3.07 bits per heavy atom. The highest BCUT2D eigenvalue weighted by molar-refractivity contribution is 7.11. The number of nitrogens with zero attached hydrogens (tertiary/aromatic N) is 1. The van der Waals surface area contributed by atoms with Gasteiger partial charge in [-0.1, -0.05) is 12.2 Å². The van der Waals surface area contributed by atoms with Crippen molar-refractivity contribution in [2.24, 2.45) is 0 Å². The van der Waals surface area contributed by atoms with E-state index in [2.05, 4.69) is 10.3 Å². The molecule has 1 N–H and O–H groups in total. The van der Waals surface area contributed by atoms with Gasteiger partial charge >= 0.3 is 0 Å². The molecule has 1 aromatic heterocycles. The van der Waals surface area contributed by atoms with Crippen LogP contribution in [0.25, 0.3) is 0 Å². The van der Waals surface area contributed by atoms with Gasteiger partial charge in [0, 0.05) is 6.54 Å². The van der Waals surface area contributed by atoms with Gasteiger partial charge < -0.3 is 5.32 Å². The third kappa shape index (κ3) is 2.96. The highest BCUT2D eigenvalue weighted by atomic mass is 32.1. The third-order valence-electron chi connectivity index (χ3n) is 1.78. The van der Waals surface area contributed by atoms with E-state index < -0.39 is 0 Å². The highest BCUT2D eigenvalue weighted by Gasteiger charge is 2.09. The largest absolute Gasteiger partial charge is 0.351 e. The number of hydrogen-bond acceptors (Lipinski definition) is 3. The van der Waals surface area contributed by atoms with Gasteiger partial charge in [-0.05, 0) is 20.3 Å². The Bertz CT molecular complexity index is 331. The van der Waals surface area contributed by atoms with Crippen molar-refractivity contribution < 1.29 is 4.79 Å². The van der Waals surface area contributed by atoms with Gasteiger partial charge in [-0.3, -0.25) is 4.79 Å². The summed E-state index contributed by atoms with van der Waals surface area (Å²) in [6.45, 7) is 4.49. The predicted molar refractivity (Wildman–Crippen MR) is 58.6 cm³/mol. The Morgan fingerprint density at radius 2 is 2.50 bits per heavy atom. The van der Waals surface area contributed by atoms with Crippen LogP contribution in [0.5, 0.6) is 0 Å². The highest BCUT2D eigenvalue weighted by Crippen LogP contribution is 2.11. The molecule has 0 radical (unpaired) electrons. The van der Waals surface area contributed by atoms with Gasteiger partial charge in [0.25, 0.3) is 5.91 Å². The summed E-state index contributed by atoms with van der Waals surface area (Å²) < 4.78 is 0. The normalized spacial score (nSPS) is 10.7. The molecule has 0 atom stereocenters. The van der Waals surface area contributed by atoms with E-state index in [1.54, 1.807) is 5.51 Å². The summed E-state index contributed by atoms with van der Waals surface area (Å²) in [5.74, 6) is -0.0190. The molecule has 76 valence electrons. The lowest BCUT2D eigenvalue weighted by Crippen LogP contribution is -2.23. The first-order valence-corrected chi connectivity index (χ1v) is 5.43. The number of aryl methyl sites for hydroxylation is 1. The van der Waals surface area contributed by atoms with E-state index in [1.165, 1.54) is 11.3 Å². The van der Waals surface area contributed by atoms with Gasteiger partial charge in [-0.2, -0.15) is 0 Å². The van der Waals surface area contributed by atoms with E-state index in [4.69, 9.17) is 0 Å². The van der Waals surface area contributed by atoms with Crippen molar-refractivity contribution in [1.29, 1.82) is 0 Å². The molecule has 0 spiro atoms. The predicted octanol–water partition coefficient (Wildman–Crippen LogP) is 2.15. The Labute approximate surface area is 87.9 Å². The van der Waals surface area contributed by atoms with Crippen LogP contribution < -0.4 is 5.32 Å². The van der Waals surface area contributed by atoms with Crippen LogP contribution in [0, 0.1) is 6.92 Å². The van der Waals surface area contributed by atoms with Crippen LogP contribution in [0.3, 0.4) is 0 Å². The van der Waals surface area contributed by atoms with Gasteiger partial charge in [0.05, 0.1) is 11.2 Å². The zero-order valence-electron chi connectivity index (χ0n) is 8.41. The Kier molecular flexibility index (Phi) is 4.32. The molecule has 0 saturated carbocycles. The molecule has 0 aliphatic rings. The first-order chi connectivity index (χ1) is 6.75. The SMILES string of the molecule is C/C=C/CCNC(=O)c1scnc1C. The lowest BCUT2D eigenvalue weighted by molar-refractivity contribution is 0.0957. The minimum atomic E-state index is -0.0190. The monoisotopic (exact) mass is 210 g/mol. The van der Waals surface area contributed by atoms with Gasteiger partial charge in [-0.15, -0.1) is 11.3 Å². The molecular weight excluding hydrogens is 196 g/mol. The van der Waals surface area contributed by atoms with Crippen LogP contribution in [0.1, 0.15) is 28.7 Å². The summed E-state index contributed by atoms with van der Waals surface area (Å²) in [4.78, 5) is 16.3. The van der Waals surface area contributed by atoms with E-state index in [0.717, 1.165) is 12.1 Å². The summed E-state index contributed by atoms with van der Waals surface area (Å²) in [6.07, 6.45) is 4.88. The fourth-order valence-electron chi connectivity index (χ4n) is 1.04. The molecule has 1 rings (SSSR count). The summed E-state index contributed by atoms with van der Waals surface area (Å²) >= 11 is 1.38. The summed E-state index contributed by atoms with van der Waals surface area (Å²) in [5.41, 5.74) is 2.49. The molecule has 0 bridgehead atoms. The number of rotatable bonds is 4. The van der Waals surface area contributed by atoms with Crippen LogP contribution in [-0.4, -0.2) is 17.4 Å². The first-order valence-electron chi connectivity index (χ1n) is 4.55. The van der Waals surface area contributed by atoms with Crippen molar-refractivity contribution >= 4 is 17.2 Å². The molecule has 0 aliphatic carbocycles. The zero-order valence-corrected chi connectivity index (χ0v) is 9.23. The maximum Gasteiger partial charge on any atom is 0.263 e. The Morgan fingerprint density at radius 1 is 1.71 bits per heavy atom. The number of hydrogen-bond donors (Lipinski definition) is 1. The number of thiazole rings is 1. The molecule has 1 aromatic rings. The van der Waals surface area contributed by atoms with Crippen molar-refractivity contribution in [3.8, 4) is 0 Å². The maximum absolute atomic E-state index is 11.5. The van der Waals surface area contributed by atoms with Crippen molar-refractivity contribution in [2.75, 3.05) is 6.54 Å². The van der Waals surface area contributed by atoms with E-state index in [9.17, 15) is 4.79 Å². The molecule has 0 aromatic carbocycles. The Hall–Kier alpha value is -1.16. The second-order valence-electron chi connectivity index (χ2n) is 2.88. The molecule has 0 unspecified atom stereocenters. The van der Waals surface area contributed by atoms with E-state index in [1.807, 2.05) is 26.0 Å². The van der Waals surface area contributed by atoms with Gasteiger partial charge in [0.2, 0.25) is 0 Å². The number of amides is 1. The number of allylic oxidation sites excluding steroid dienone is 1. The zero-order chi connectivity index (χ0) is 10.4. The van der Waals surface area contributed by atoms with E-state index in [0.29, 0.717) is 11.4 Å². The fourth-order valence-corrected chi connectivity index (χ4v) is 1.75. The second-order valence-corrected chi connectivity index (χ2v) is 3.74.